The molecule has 1 aromatic carbocycles. The monoisotopic (exact) mass is 250 g/mol. The Kier molecular flexibility index (Phi) is 6.58. The van der Waals surface area contributed by atoms with Crippen molar-refractivity contribution in [2.24, 2.45) is 0 Å². The molecule has 1 heterocycles. The molecule has 0 aliphatic carbocycles. The molecule has 2 rings (SSSR count). The predicted octanol–water partition coefficient (Wildman–Crippen LogP) is 3.23. The van der Waals surface area contributed by atoms with E-state index < -0.39 is 0 Å². The van der Waals surface area contributed by atoms with Crippen LogP contribution in [0.2, 0.25) is 0 Å². The first-order valence-corrected chi connectivity index (χ1v) is 6.91. The van der Waals surface area contributed by atoms with E-state index in [1.54, 1.807) is 0 Å². The van der Waals surface area contributed by atoms with Gasteiger partial charge in [-0.05, 0) is 44.2 Å². The Morgan fingerprint density at radius 1 is 1.11 bits per heavy atom. The maximum absolute atomic E-state index is 5.95. The van der Waals surface area contributed by atoms with Gasteiger partial charge < -0.3 is 15.0 Å². The predicted molar refractivity (Wildman–Crippen MR) is 78.5 cm³/mol. The molecule has 0 saturated carbocycles. The number of piperidine rings is 1. The van der Waals surface area contributed by atoms with E-state index >= 15 is 0 Å². The van der Waals surface area contributed by atoms with Crippen LogP contribution in [-0.2, 0) is 0 Å². The maximum Gasteiger partial charge on any atom is 0.119 e. The summed E-state index contributed by atoms with van der Waals surface area (Å²) < 4.78 is 5.95. The van der Waals surface area contributed by atoms with E-state index in [1.165, 1.54) is 0 Å². The van der Waals surface area contributed by atoms with Crippen LogP contribution in [0.3, 0.4) is 0 Å². The highest BCUT2D eigenvalue weighted by atomic mass is 16.5. The van der Waals surface area contributed by atoms with Crippen LogP contribution in [0.1, 0.15) is 26.7 Å². The Bertz CT molecular complexity index is 316. The van der Waals surface area contributed by atoms with Gasteiger partial charge in [0.15, 0.2) is 0 Å². The van der Waals surface area contributed by atoms with Crippen LogP contribution in [0.15, 0.2) is 24.3 Å². The average Bonchev–Trinajstić information content (AvgIpc) is 2.44. The van der Waals surface area contributed by atoms with Crippen LogP contribution < -0.4 is 10.1 Å². The molecule has 18 heavy (non-hydrogen) atoms. The lowest BCUT2D eigenvalue weighted by Crippen LogP contribution is -2.35. The molecule has 1 aliphatic heterocycles. The first-order valence-electron chi connectivity index (χ1n) is 6.91. The summed E-state index contributed by atoms with van der Waals surface area (Å²) >= 11 is 0. The number of nitrogens with zero attached hydrogens (tertiary/aromatic N) is 1. The number of ether oxygens (including phenoxy) is 1. The lowest BCUT2D eigenvalue weighted by Gasteiger charge is -2.29. The molecule has 1 N–H and O–H groups in total. The van der Waals surface area contributed by atoms with E-state index in [-0.39, 0.29) is 0 Å². The van der Waals surface area contributed by atoms with Gasteiger partial charge in [-0.3, -0.25) is 0 Å². The molecule has 3 heteroatoms. The van der Waals surface area contributed by atoms with Crippen LogP contribution in [0.25, 0.3) is 0 Å². The molecule has 102 valence electrons. The molecule has 0 amide bonds. The third kappa shape index (κ3) is 4.57. The SMILES string of the molecule is CC.CNc1ccc(OC2CCN(C)CC2)cc1. The van der Waals surface area contributed by atoms with Crippen LogP contribution in [0.5, 0.6) is 5.75 Å². The van der Waals surface area contributed by atoms with Gasteiger partial charge in [0.2, 0.25) is 0 Å². The Balaban J connectivity index is 0.000000771. The van der Waals surface area contributed by atoms with Crippen molar-refractivity contribution >= 4 is 5.69 Å². The Hall–Kier alpha value is -1.22. The summed E-state index contributed by atoms with van der Waals surface area (Å²) in [6.45, 7) is 6.28. The quantitative estimate of drug-likeness (QED) is 0.891. The molecule has 1 aromatic rings. The summed E-state index contributed by atoms with van der Waals surface area (Å²) in [5.74, 6) is 0.980. The Morgan fingerprint density at radius 2 is 1.67 bits per heavy atom. The molecule has 3 nitrogen and oxygen atoms in total. The molecule has 1 saturated heterocycles. The molecular weight excluding hydrogens is 224 g/mol. The first kappa shape index (κ1) is 14.8. The van der Waals surface area contributed by atoms with Gasteiger partial charge >= 0.3 is 0 Å². The van der Waals surface area contributed by atoms with Crippen LogP contribution >= 0.6 is 0 Å². The lowest BCUT2D eigenvalue weighted by molar-refractivity contribution is 0.114. The van der Waals surface area contributed by atoms with E-state index in [2.05, 4.69) is 17.3 Å². The average molecular weight is 250 g/mol. The van der Waals surface area contributed by atoms with Crippen molar-refractivity contribution in [1.29, 1.82) is 0 Å². The van der Waals surface area contributed by atoms with Crippen molar-refractivity contribution in [3.63, 3.8) is 0 Å². The zero-order valence-corrected chi connectivity index (χ0v) is 12.1. The van der Waals surface area contributed by atoms with E-state index in [0.717, 1.165) is 37.4 Å². The minimum Gasteiger partial charge on any atom is -0.490 e. The Morgan fingerprint density at radius 3 is 2.17 bits per heavy atom. The highest BCUT2D eigenvalue weighted by Crippen LogP contribution is 2.20. The van der Waals surface area contributed by atoms with Gasteiger partial charge in [0, 0.05) is 25.8 Å². The van der Waals surface area contributed by atoms with Gasteiger partial charge in [-0.2, -0.15) is 0 Å². The van der Waals surface area contributed by atoms with Gasteiger partial charge in [-0.1, -0.05) is 13.8 Å². The number of hydrogen-bond acceptors (Lipinski definition) is 3. The molecule has 0 atom stereocenters. The maximum atomic E-state index is 5.95. The van der Waals surface area contributed by atoms with Crippen molar-refractivity contribution in [3.05, 3.63) is 24.3 Å². The molecule has 0 bridgehead atoms. The van der Waals surface area contributed by atoms with Gasteiger partial charge in [0.05, 0.1) is 0 Å². The normalized spacial score (nSPS) is 16.7. The minimum atomic E-state index is 0.386. The molecule has 1 fully saturated rings. The lowest BCUT2D eigenvalue weighted by atomic mass is 10.1. The van der Waals surface area contributed by atoms with E-state index in [1.807, 2.05) is 45.2 Å². The standard InChI is InChI=1S/C13H20N2O.C2H6/c1-14-11-3-5-12(6-4-11)16-13-7-9-15(2)10-8-13;1-2/h3-6,13-14H,7-10H2,1-2H3;1-2H3. The second-order valence-corrected chi connectivity index (χ2v) is 4.39. The Labute approximate surface area is 111 Å². The van der Waals surface area contributed by atoms with Gasteiger partial charge in [0.1, 0.15) is 11.9 Å². The second-order valence-electron chi connectivity index (χ2n) is 4.39. The van der Waals surface area contributed by atoms with Crippen LogP contribution in [0.4, 0.5) is 5.69 Å². The number of likely N-dealkylation sites (tertiary alicyclic amines) is 1. The third-order valence-electron chi connectivity index (χ3n) is 3.11. The number of benzene rings is 1. The third-order valence-corrected chi connectivity index (χ3v) is 3.11. The second kappa shape index (κ2) is 7.98. The number of anilines is 1. The fourth-order valence-electron chi connectivity index (χ4n) is 2.00. The van der Waals surface area contributed by atoms with Crippen molar-refractivity contribution < 1.29 is 4.74 Å². The zero-order chi connectivity index (χ0) is 13.4. The molecule has 1 aliphatic rings. The molecular formula is C15H26N2O. The number of nitrogens with one attached hydrogen (secondary N) is 1. The topological polar surface area (TPSA) is 24.5 Å². The fraction of sp³-hybridized carbons (Fsp3) is 0.600. The largest absolute Gasteiger partial charge is 0.490 e. The van der Waals surface area contributed by atoms with E-state index in [9.17, 15) is 0 Å². The van der Waals surface area contributed by atoms with Crippen molar-refractivity contribution in [2.75, 3.05) is 32.5 Å². The molecule has 0 unspecified atom stereocenters. The van der Waals surface area contributed by atoms with Gasteiger partial charge in [-0.25, -0.2) is 0 Å². The smallest absolute Gasteiger partial charge is 0.119 e. The summed E-state index contributed by atoms with van der Waals surface area (Å²) in [5.41, 5.74) is 1.12. The van der Waals surface area contributed by atoms with Gasteiger partial charge in [0.25, 0.3) is 0 Å². The highest BCUT2D eigenvalue weighted by molar-refractivity contribution is 5.45. The van der Waals surface area contributed by atoms with Crippen LogP contribution in [0, 0.1) is 0 Å². The minimum absolute atomic E-state index is 0.386. The van der Waals surface area contributed by atoms with E-state index in [0.29, 0.717) is 6.10 Å². The summed E-state index contributed by atoms with van der Waals surface area (Å²) in [6.07, 6.45) is 2.64. The molecule has 0 spiro atoms. The van der Waals surface area contributed by atoms with E-state index in [4.69, 9.17) is 4.74 Å². The fourth-order valence-corrected chi connectivity index (χ4v) is 2.00. The van der Waals surface area contributed by atoms with Crippen LogP contribution in [-0.4, -0.2) is 38.2 Å². The molecule has 0 radical (unpaired) electrons. The van der Waals surface area contributed by atoms with Gasteiger partial charge in [-0.15, -0.1) is 0 Å². The number of rotatable bonds is 3. The summed E-state index contributed by atoms with van der Waals surface area (Å²) in [4.78, 5) is 2.35. The zero-order valence-electron chi connectivity index (χ0n) is 12.1. The van der Waals surface area contributed by atoms with Crippen molar-refractivity contribution in [1.82, 2.24) is 4.90 Å². The summed E-state index contributed by atoms with van der Waals surface area (Å²) in [5, 5.41) is 3.10. The summed E-state index contributed by atoms with van der Waals surface area (Å²) in [6, 6.07) is 8.16. The van der Waals surface area contributed by atoms with Crippen molar-refractivity contribution in [2.45, 2.75) is 32.8 Å². The molecule has 0 aromatic heterocycles. The van der Waals surface area contributed by atoms with Crippen molar-refractivity contribution in [3.8, 4) is 5.75 Å². The first-order chi connectivity index (χ1) is 8.78. The highest BCUT2D eigenvalue weighted by Gasteiger charge is 2.17. The number of hydrogen-bond donors (Lipinski definition) is 1. The summed E-state index contributed by atoms with van der Waals surface area (Å²) in [7, 11) is 4.09.